The van der Waals surface area contributed by atoms with Crippen molar-refractivity contribution in [3.63, 3.8) is 0 Å². The van der Waals surface area contributed by atoms with Crippen LogP contribution in [-0.2, 0) is 4.74 Å². The van der Waals surface area contributed by atoms with Gasteiger partial charge in [0.25, 0.3) is 0 Å². The van der Waals surface area contributed by atoms with Gasteiger partial charge in [0.2, 0.25) is 0 Å². The summed E-state index contributed by atoms with van der Waals surface area (Å²) < 4.78 is 5.07. The molecule has 0 amide bonds. The van der Waals surface area contributed by atoms with E-state index in [9.17, 15) is 5.11 Å². The summed E-state index contributed by atoms with van der Waals surface area (Å²) >= 11 is 0. The molecule has 1 aliphatic heterocycles. The molecule has 0 saturated carbocycles. The summed E-state index contributed by atoms with van der Waals surface area (Å²) in [5, 5.41) is 9.35. The smallest absolute Gasteiger partial charge is 0.0839 e. The number of rotatable bonds is 1. The van der Waals surface area contributed by atoms with E-state index in [1.165, 1.54) is 0 Å². The van der Waals surface area contributed by atoms with Gasteiger partial charge >= 0.3 is 0 Å². The highest BCUT2D eigenvalue weighted by Crippen LogP contribution is 2.21. The molecule has 58 valence electrons. The van der Waals surface area contributed by atoms with Gasteiger partial charge in [-0.25, -0.2) is 0 Å². The van der Waals surface area contributed by atoms with E-state index < -0.39 is 0 Å². The van der Waals surface area contributed by atoms with E-state index in [0.717, 1.165) is 18.6 Å². The third-order valence-electron chi connectivity index (χ3n) is 1.96. The Hall–Kier alpha value is -0.340. The summed E-state index contributed by atoms with van der Waals surface area (Å²) in [5.74, 6) is 0.258. The summed E-state index contributed by atoms with van der Waals surface area (Å²) in [7, 11) is 0. The van der Waals surface area contributed by atoms with Crippen LogP contribution in [0.2, 0.25) is 0 Å². The molecule has 1 N–H and O–H groups in total. The van der Waals surface area contributed by atoms with E-state index in [2.05, 4.69) is 6.58 Å². The zero-order valence-electron chi connectivity index (χ0n) is 6.34. The molecule has 0 spiro atoms. The van der Waals surface area contributed by atoms with Crippen molar-refractivity contribution in [3.05, 3.63) is 12.2 Å². The molecule has 1 saturated heterocycles. The first-order valence-electron chi connectivity index (χ1n) is 3.63. The third kappa shape index (κ3) is 1.58. The number of ether oxygens (including phenoxy) is 1. The van der Waals surface area contributed by atoms with Crippen LogP contribution in [0.15, 0.2) is 12.2 Å². The molecule has 2 nitrogen and oxygen atoms in total. The zero-order valence-corrected chi connectivity index (χ0v) is 6.34. The van der Waals surface area contributed by atoms with Gasteiger partial charge in [0, 0.05) is 12.5 Å². The molecule has 1 fully saturated rings. The second kappa shape index (κ2) is 3.17. The lowest BCUT2D eigenvalue weighted by molar-refractivity contribution is -0.0327. The first kappa shape index (κ1) is 7.76. The average molecular weight is 142 g/mol. The van der Waals surface area contributed by atoms with E-state index in [-0.39, 0.29) is 12.0 Å². The Morgan fingerprint density at radius 2 is 2.40 bits per heavy atom. The van der Waals surface area contributed by atoms with Gasteiger partial charge in [-0.1, -0.05) is 12.2 Å². The molecule has 2 atom stereocenters. The van der Waals surface area contributed by atoms with Gasteiger partial charge in [0.1, 0.15) is 0 Å². The van der Waals surface area contributed by atoms with Crippen molar-refractivity contribution in [1.82, 2.24) is 0 Å². The number of aliphatic hydroxyl groups is 1. The lowest BCUT2D eigenvalue weighted by Gasteiger charge is -2.27. The van der Waals surface area contributed by atoms with Gasteiger partial charge in [-0.2, -0.15) is 0 Å². The molecule has 10 heavy (non-hydrogen) atoms. The van der Waals surface area contributed by atoms with Crippen molar-refractivity contribution >= 4 is 0 Å². The minimum Gasteiger partial charge on any atom is -0.390 e. The van der Waals surface area contributed by atoms with E-state index in [0.29, 0.717) is 6.61 Å². The first-order chi connectivity index (χ1) is 4.72. The van der Waals surface area contributed by atoms with Crippen molar-refractivity contribution < 1.29 is 9.84 Å². The van der Waals surface area contributed by atoms with Crippen LogP contribution in [0.1, 0.15) is 13.3 Å². The van der Waals surface area contributed by atoms with Crippen LogP contribution in [0.5, 0.6) is 0 Å². The Kier molecular flexibility index (Phi) is 2.46. The molecule has 1 aliphatic rings. The maximum absolute atomic E-state index is 9.35. The molecule has 0 aliphatic carbocycles. The highest BCUT2D eigenvalue weighted by molar-refractivity contribution is 5.00. The lowest BCUT2D eigenvalue weighted by Crippen LogP contribution is -2.32. The topological polar surface area (TPSA) is 29.5 Å². The van der Waals surface area contributed by atoms with Crippen LogP contribution in [0, 0.1) is 5.92 Å². The average Bonchev–Trinajstić information content (AvgIpc) is 1.88. The number of hydrogen-bond donors (Lipinski definition) is 1. The fourth-order valence-electron chi connectivity index (χ4n) is 1.30. The van der Waals surface area contributed by atoms with Crippen molar-refractivity contribution in [2.24, 2.45) is 5.92 Å². The molecule has 0 unspecified atom stereocenters. The highest BCUT2D eigenvalue weighted by Gasteiger charge is 2.23. The second-order valence-corrected chi connectivity index (χ2v) is 2.88. The summed E-state index contributed by atoms with van der Waals surface area (Å²) in [6.07, 6.45) is 0.586. The van der Waals surface area contributed by atoms with Gasteiger partial charge in [-0.3, -0.25) is 0 Å². The van der Waals surface area contributed by atoms with Crippen molar-refractivity contribution in [2.45, 2.75) is 19.4 Å². The van der Waals surface area contributed by atoms with Gasteiger partial charge in [0.15, 0.2) is 0 Å². The van der Waals surface area contributed by atoms with Crippen molar-refractivity contribution in [1.29, 1.82) is 0 Å². The summed E-state index contributed by atoms with van der Waals surface area (Å²) in [5.41, 5.74) is 1.07. The van der Waals surface area contributed by atoms with Crippen molar-refractivity contribution in [2.75, 3.05) is 13.2 Å². The first-order valence-corrected chi connectivity index (χ1v) is 3.63. The quantitative estimate of drug-likeness (QED) is 0.552. The molecule has 0 aromatic carbocycles. The molecule has 2 heteroatoms. The Bertz CT molecular complexity index is 131. The monoisotopic (exact) mass is 142 g/mol. The molecule has 0 radical (unpaired) electrons. The van der Waals surface area contributed by atoms with Crippen LogP contribution in [-0.4, -0.2) is 24.4 Å². The maximum atomic E-state index is 9.35. The summed E-state index contributed by atoms with van der Waals surface area (Å²) in [4.78, 5) is 0. The van der Waals surface area contributed by atoms with Gasteiger partial charge in [-0.15, -0.1) is 0 Å². The van der Waals surface area contributed by atoms with E-state index in [1.807, 2.05) is 6.92 Å². The standard InChI is InChI=1S/C8H14O2/c1-6(2)7-3-4-10-5-8(7)9/h7-9H,1,3-5H2,2H3/t7-,8-/m1/s1. The molecular weight excluding hydrogens is 128 g/mol. The number of aliphatic hydroxyl groups excluding tert-OH is 1. The predicted octanol–water partition coefficient (Wildman–Crippen LogP) is 0.960. The van der Waals surface area contributed by atoms with Gasteiger partial charge < -0.3 is 9.84 Å². The van der Waals surface area contributed by atoms with E-state index in [4.69, 9.17) is 4.74 Å². The maximum Gasteiger partial charge on any atom is 0.0839 e. The largest absolute Gasteiger partial charge is 0.390 e. The van der Waals surface area contributed by atoms with Crippen LogP contribution >= 0.6 is 0 Å². The van der Waals surface area contributed by atoms with E-state index >= 15 is 0 Å². The van der Waals surface area contributed by atoms with Crippen LogP contribution in [0.25, 0.3) is 0 Å². The minimum atomic E-state index is -0.328. The Morgan fingerprint density at radius 3 is 2.80 bits per heavy atom. The third-order valence-corrected chi connectivity index (χ3v) is 1.96. The van der Waals surface area contributed by atoms with Crippen LogP contribution < -0.4 is 0 Å². The molecule has 0 bridgehead atoms. The lowest BCUT2D eigenvalue weighted by atomic mass is 9.91. The van der Waals surface area contributed by atoms with E-state index in [1.54, 1.807) is 0 Å². The minimum absolute atomic E-state index is 0.258. The fourth-order valence-corrected chi connectivity index (χ4v) is 1.30. The van der Waals surface area contributed by atoms with Gasteiger partial charge in [-0.05, 0) is 13.3 Å². The summed E-state index contributed by atoms with van der Waals surface area (Å²) in [6.45, 7) is 7.00. The number of hydrogen-bond acceptors (Lipinski definition) is 2. The Labute approximate surface area is 61.5 Å². The Balaban J connectivity index is 2.47. The Morgan fingerprint density at radius 1 is 1.70 bits per heavy atom. The molecule has 0 aromatic heterocycles. The molecule has 1 rings (SSSR count). The highest BCUT2D eigenvalue weighted by atomic mass is 16.5. The normalized spacial score (nSPS) is 33.8. The molecule has 0 aromatic rings. The molecule has 1 heterocycles. The second-order valence-electron chi connectivity index (χ2n) is 2.88. The van der Waals surface area contributed by atoms with Crippen LogP contribution in [0.3, 0.4) is 0 Å². The fraction of sp³-hybridized carbons (Fsp3) is 0.750. The predicted molar refractivity (Wildman–Crippen MR) is 39.7 cm³/mol. The molecular formula is C8H14O2. The zero-order chi connectivity index (χ0) is 7.56. The van der Waals surface area contributed by atoms with Crippen molar-refractivity contribution in [3.8, 4) is 0 Å². The van der Waals surface area contributed by atoms with Gasteiger partial charge in [0.05, 0.1) is 12.7 Å². The SMILES string of the molecule is C=C(C)[C@H]1CCOC[C@H]1O. The summed E-state index contributed by atoms with van der Waals surface area (Å²) in [6, 6.07) is 0. The van der Waals surface area contributed by atoms with Crippen LogP contribution in [0.4, 0.5) is 0 Å².